The molecule has 0 bridgehead atoms. The van der Waals surface area contributed by atoms with Gasteiger partial charge in [0, 0.05) is 22.4 Å². The molecule has 26 heavy (non-hydrogen) atoms. The number of aliphatic imine (C=N–C) groups is 1. The molecule has 0 radical (unpaired) electrons. The fourth-order valence-electron chi connectivity index (χ4n) is 3.00. The van der Waals surface area contributed by atoms with Crippen molar-refractivity contribution in [2.45, 2.75) is 31.7 Å². The topological polar surface area (TPSA) is 59.6 Å². The number of para-hydroxylation sites is 1. The second-order valence-corrected chi connectivity index (χ2v) is 7.40. The van der Waals surface area contributed by atoms with Crippen molar-refractivity contribution in [2.75, 3.05) is 13.2 Å². The van der Waals surface area contributed by atoms with E-state index < -0.39 is 0 Å². The Morgan fingerprint density at radius 1 is 1.27 bits per heavy atom. The minimum atomic E-state index is -0.148. The third-order valence-electron chi connectivity index (χ3n) is 4.53. The minimum Gasteiger partial charge on any atom is -0.493 e. The lowest BCUT2D eigenvalue weighted by Crippen LogP contribution is -2.38. The van der Waals surface area contributed by atoms with E-state index in [4.69, 9.17) is 22.1 Å². The maximum atomic E-state index is 6.15. The number of rotatable bonds is 4. The summed E-state index contributed by atoms with van der Waals surface area (Å²) in [5, 5.41) is 4.07. The van der Waals surface area contributed by atoms with Crippen molar-refractivity contribution in [1.29, 1.82) is 0 Å². The molecular formula is C20H25ClIN3O. The SMILES string of the molecule is CC(C)(CN=C(N)NC1CCOc2ccccc21)c1cccc(Cl)c1.I. The molecule has 6 heteroatoms. The van der Waals surface area contributed by atoms with Crippen molar-refractivity contribution >= 4 is 41.5 Å². The number of halogens is 2. The zero-order valence-corrected chi connectivity index (χ0v) is 18.1. The highest BCUT2D eigenvalue weighted by Crippen LogP contribution is 2.31. The van der Waals surface area contributed by atoms with Crippen LogP contribution in [0.5, 0.6) is 5.75 Å². The molecule has 2 aromatic rings. The summed E-state index contributed by atoms with van der Waals surface area (Å²) in [6.45, 7) is 5.53. The monoisotopic (exact) mass is 485 g/mol. The molecule has 0 saturated heterocycles. The average molecular weight is 486 g/mol. The van der Waals surface area contributed by atoms with Crippen LogP contribution < -0.4 is 15.8 Å². The van der Waals surface area contributed by atoms with Crippen LogP contribution in [0.4, 0.5) is 0 Å². The Bertz CT molecular complexity index is 779. The van der Waals surface area contributed by atoms with E-state index in [2.05, 4.69) is 36.3 Å². The summed E-state index contributed by atoms with van der Waals surface area (Å²) in [4.78, 5) is 4.57. The van der Waals surface area contributed by atoms with Gasteiger partial charge in [0.25, 0.3) is 0 Å². The molecular weight excluding hydrogens is 461 g/mol. The summed E-state index contributed by atoms with van der Waals surface area (Å²) in [7, 11) is 0. The Hall–Kier alpha value is -1.47. The van der Waals surface area contributed by atoms with Gasteiger partial charge in [0.2, 0.25) is 0 Å². The molecule has 1 unspecified atom stereocenters. The van der Waals surface area contributed by atoms with E-state index in [0.717, 1.165) is 28.3 Å². The molecule has 0 aliphatic carbocycles. The van der Waals surface area contributed by atoms with E-state index in [1.807, 2.05) is 36.4 Å². The van der Waals surface area contributed by atoms with Gasteiger partial charge < -0.3 is 15.8 Å². The lowest BCUT2D eigenvalue weighted by molar-refractivity contribution is 0.262. The van der Waals surface area contributed by atoms with Crippen LogP contribution in [0.1, 0.15) is 37.4 Å². The molecule has 2 aromatic carbocycles. The number of nitrogens with one attached hydrogen (secondary N) is 1. The van der Waals surface area contributed by atoms with Gasteiger partial charge in [-0.15, -0.1) is 24.0 Å². The first-order chi connectivity index (χ1) is 12.0. The zero-order valence-electron chi connectivity index (χ0n) is 15.0. The molecule has 0 aromatic heterocycles. The van der Waals surface area contributed by atoms with Gasteiger partial charge >= 0.3 is 0 Å². The fourth-order valence-corrected chi connectivity index (χ4v) is 3.19. The second kappa shape index (κ2) is 8.95. The molecule has 0 amide bonds. The van der Waals surface area contributed by atoms with Gasteiger partial charge in [-0.05, 0) is 23.8 Å². The van der Waals surface area contributed by atoms with Crippen LogP contribution in [-0.4, -0.2) is 19.1 Å². The van der Waals surface area contributed by atoms with Crippen LogP contribution in [0.15, 0.2) is 53.5 Å². The normalized spacial score (nSPS) is 16.9. The van der Waals surface area contributed by atoms with Crippen molar-refractivity contribution in [3.8, 4) is 5.75 Å². The summed E-state index contributed by atoms with van der Waals surface area (Å²) in [6.07, 6.45) is 0.866. The van der Waals surface area contributed by atoms with Gasteiger partial charge in [-0.25, -0.2) is 0 Å². The third kappa shape index (κ3) is 5.04. The molecule has 0 spiro atoms. The van der Waals surface area contributed by atoms with E-state index in [1.54, 1.807) is 0 Å². The number of benzene rings is 2. The molecule has 1 heterocycles. The minimum absolute atomic E-state index is 0. The molecule has 3 rings (SSSR count). The summed E-state index contributed by atoms with van der Waals surface area (Å²) in [5.74, 6) is 1.37. The largest absolute Gasteiger partial charge is 0.493 e. The van der Waals surface area contributed by atoms with Gasteiger partial charge in [-0.1, -0.05) is 55.8 Å². The lowest BCUT2D eigenvalue weighted by atomic mass is 9.85. The number of nitrogens with zero attached hydrogens (tertiary/aromatic N) is 1. The molecule has 1 aliphatic heterocycles. The fraction of sp³-hybridized carbons (Fsp3) is 0.350. The summed E-state index contributed by atoms with van der Waals surface area (Å²) < 4.78 is 5.69. The number of fused-ring (bicyclic) bond motifs is 1. The van der Waals surface area contributed by atoms with Crippen LogP contribution in [-0.2, 0) is 5.41 Å². The first-order valence-corrected chi connectivity index (χ1v) is 8.88. The second-order valence-electron chi connectivity index (χ2n) is 6.97. The highest BCUT2D eigenvalue weighted by atomic mass is 127. The first-order valence-electron chi connectivity index (χ1n) is 8.50. The number of guanidine groups is 1. The number of hydrogen-bond acceptors (Lipinski definition) is 2. The van der Waals surface area contributed by atoms with Gasteiger partial charge in [0.05, 0.1) is 19.2 Å². The Morgan fingerprint density at radius 3 is 2.81 bits per heavy atom. The van der Waals surface area contributed by atoms with Crippen LogP contribution in [0.25, 0.3) is 0 Å². The maximum absolute atomic E-state index is 6.15. The summed E-state index contributed by atoms with van der Waals surface area (Å²) >= 11 is 6.11. The van der Waals surface area contributed by atoms with Gasteiger partial charge in [0.15, 0.2) is 5.96 Å². The van der Waals surface area contributed by atoms with Crippen molar-refractivity contribution in [1.82, 2.24) is 5.32 Å². The Kier molecular flexibility index (Phi) is 7.17. The molecule has 140 valence electrons. The summed E-state index contributed by atoms with van der Waals surface area (Å²) in [5.41, 5.74) is 8.27. The van der Waals surface area contributed by atoms with Crippen LogP contribution in [0.2, 0.25) is 5.02 Å². The lowest BCUT2D eigenvalue weighted by Gasteiger charge is -2.28. The maximum Gasteiger partial charge on any atom is 0.189 e. The van der Waals surface area contributed by atoms with Gasteiger partial charge in [-0.2, -0.15) is 0 Å². The quantitative estimate of drug-likeness (QED) is 0.376. The van der Waals surface area contributed by atoms with E-state index in [9.17, 15) is 0 Å². The van der Waals surface area contributed by atoms with Crippen LogP contribution >= 0.6 is 35.6 Å². The van der Waals surface area contributed by atoms with E-state index in [1.165, 1.54) is 0 Å². The zero-order chi connectivity index (χ0) is 17.9. The Balaban J connectivity index is 0.00000243. The number of nitrogens with two attached hydrogens (primary N) is 1. The first kappa shape index (κ1) is 20.8. The van der Waals surface area contributed by atoms with E-state index in [-0.39, 0.29) is 35.4 Å². The standard InChI is InChI=1S/C20H24ClN3O.HI/c1-20(2,14-6-5-7-15(21)12-14)13-23-19(22)24-17-10-11-25-18-9-4-3-8-16(17)18;/h3-9,12,17H,10-11,13H2,1-2H3,(H3,22,23,24);1H. The van der Waals surface area contributed by atoms with E-state index in [0.29, 0.717) is 19.1 Å². The highest BCUT2D eigenvalue weighted by Gasteiger charge is 2.23. The number of ether oxygens (including phenoxy) is 1. The molecule has 3 N–H and O–H groups in total. The van der Waals surface area contributed by atoms with Crippen molar-refractivity contribution in [2.24, 2.45) is 10.7 Å². The van der Waals surface area contributed by atoms with Crippen molar-refractivity contribution in [3.05, 3.63) is 64.7 Å². The van der Waals surface area contributed by atoms with Crippen molar-refractivity contribution < 1.29 is 4.74 Å². The molecule has 0 fully saturated rings. The predicted octanol–water partition coefficient (Wildman–Crippen LogP) is 4.66. The predicted molar refractivity (Wildman–Crippen MR) is 119 cm³/mol. The molecule has 1 aliphatic rings. The molecule has 1 atom stereocenters. The molecule has 4 nitrogen and oxygen atoms in total. The Morgan fingerprint density at radius 2 is 2.04 bits per heavy atom. The molecule has 0 saturated carbocycles. The van der Waals surface area contributed by atoms with Crippen LogP contribution in [0.3, 0.4) is 0 Å². The van der Waals surface area contributed by atoms with Crippen molar-refractivity contribution in [3.63, 3.8) is 0 Å². The van der Waals surface area contributed by atoms with Gasteiger partial charge in [-0.3, -0.25) is 4.99 Å². The smallest absolute Gasteiger partial charge is 0.189 e. The van der Waals surface area contributed by atoms with Gasteiger partial charge in [0.1, 0.15) is 5.75 Å². The Labute approximate surface area is 177 Å². The van der Waals surface area contributed by atoms with Crippen LogP contribution in [0, 0.1) is 0 Å². The highest BCUT2D eigenvalue weighted by molar-refractivity contribution is 14.0. The summed E-state index contributed by atoms with van der Waals surface area (Å²) in [6, 6.07) is 16.1. The number of hydrogen-bond donors (Lipinski definition) is 2. The van der Waals surface area contributed by atoms with E-state index >= 15 is 0 Å². The third-order valence-corrected chi connectivity index (χ3v) is 4.77. The average Bonchev–Trinajstić information content (AvgIpc) is 2.60.